The Labute approximate surface area is 119 Å². The summed E-state index contributed by atoms with van der Waals surface area (Å²) in [4.78, 5) is -0.00783. The van der Waals surface area contributed by atoms with E-state index in [1.807, 2.05) is 19.1 Å². The zero-order valence-corrected chi connectivity index (χ0v) is 12.2. The predicted octanol–water partition coefficient (Wildman–Crippen LogP) is 2.09. The first-order valence-corrected chi connectivity index (χ1v) is 7.93. The molecule has 5 nitrogen and oxygen atoms in total. The Morgan fingerprint density at radius 1 is 1.30 bits per heavy atom. The van der Waals surface area contributed by atoms with E-state index >= 15 is 0 Å². The van der Waals surface area contributed by atoms with Crippen LogP contribution in [0.5, 0.6) is 0 Å². The first kappa shape index (κ1) is 16.2. The van der Waals surface area contributed by atoms with Crippen LogP contribution in [0.15, 0.2) is 23.1 Å². The predicted molar refractivity (Wildman–Crippen MR) is 75.2 cm³/mol. The van der Waals surface area contributed by atoms with E-state index in [2.05, 4.69) is 4.72 Å². The van der Waals surface area contributed by atoms with Gasteiger partial charge in [0.15, 0.2) is 0 Å². The lowest BCUT2D eigenvalue weighted by atomic mass is 10.0. The summed E-state index contributed by atoms with van der Waals surface area (Å²) in [6.07, 6.45) is 2.65. The Morgan fingerprint density at radius 2 is 2.05 bits per heavy atom. The van der Waals surface area contributed by atoms with Gasteiger partial charge in [-0.15, -0.1) is 0 Å². The van der Waals surface area contributed by atoms with Crippen LogP contribution in [-0.4, -0.2) is 15.0 Å². The Morgan fingerprint density at radius 3 is 2.65 bits per heavy atom. The highest BCUT2D eigenvalue weighted by atomic mass is 32.2. The van der Waals surface area contributed by atoms with Gasteiger partial charge in [0, 0.05) is 13.0 Å². The van der Waals surface area contributed by atoms with E-state index < -0.39 is 10.0 Å². The van der Waals surface area contributed by atoms with Crippen LogP contribution in [0.25, 0.3) is 0 Å². The topological polar surface area (TPSA) is 93.8 Å². The number of unbranched alkanes of at least 4 members (excludes halogenated alkanes) is 1. The van der Waals surface area contributed by atoms with Gasteiger partial charge in [-0.25, -0.2) is 13.1 Å². The molecular weight excluding hydrogens is 274 g/mol. The molecular formula is C14H17N3O2S. The van der Waals surface area contributed by atoms with Crippen LogP contribution >= 0.6 is 0 Å². The van der Waals surface area contributed by atoms with Gasteiger partial charge in [0.25, 0.3) is 0 Å². The number of nitrogens with one attached hydrogen (secondary N) is 1. The average Bonchev–Trinajstić information content (AvgIpc) is 2.44. The summed E-state index contributed by atoms with van der Waals surface area (Å²) >= 11 is 0. The second-order valence-corrected chi connectivity index (χ2v) is 6.05. The van der Waals surface area contributed by atoms with Gasteiger partial charge >= 0.3 is 0 Å². The van der Waals surface area contributed by atoms with Crippen molar-refractivity contribution >= 4 is 10.0 Å². The Hall–Kier alpha value is -1.89. The zero-order valence-electron chi connectivity index (χ0n) is 11.4. The van der Waals surface area contributed by atoms with E-state index in [-0.39, 0.29) is 23.4 Å². The third-order valence-electron chi connectivity index (χ3n) is 2.84. The molecule has 0 aliphatic carbocycles. The molecule has 0 heterocycles. The van der Waals surface area contributed by atoms with Crippen LogP contribution in [0, 0.1) is 22.7 Å². The third-order valence-corrected chi connectivity index (χ3v) is 4.35. The minimum atomic E-state index is -3.75. The van der Waals surface area contributed by atoms with E-state index in [4.69, 9.17) is 5.26 Å². The van der Waals surface area contributed by atoms with Crippen molar-refractivity contribution in [3.8, 4) is 12.1 Å². The molecule has 0 spiro atoms. The highest BCUT2D eigenvalue weighted by Crippen LogP contribution is 2.20. The van der Waals surface area contributed by atoms with Crippen molar-refractivity contribution < 1.29 is 8.42 Å². The van der Waals surface area contributed by atoms with Crippen LogP contribution in [0.1, 0.15) is 37.3 Å². The normalized spacial score (nSPS) is 10.8. The molecule has 0 aliphatic heterocycles. The summed E-state index contributed by atoms with van der Waals surface area (Å²) in [5, 5.41) is 17.7. The van der Waals surface area contributed by atoms with Crippen molar-refractivity contribution in [2.45, 2.75) is 37.5 Å². The maximum absolute atomic E-state index is 12.1. The fourth-order valence-electron chi connectivity index (χ4n) is 1.82. The Kier molecular flexibility index (Phi) is 6.17. The molecule has 0 saturated heterocycles. The number of nitriles is 2. The molecule has 106 valence electrons. The first-order chi connectivity index (χ1) is 9.56. The highest BCUT2D eigenvalue weighted by molar-refractivity contribution is 7.89. The number of hydrogen-bond acceptors (Lipinski definition) is 4. The van der Waals surface area contributed by atoms with E-state index in [0.717, 1.165) is 18.4 Å². The van der Waals surface area contributed by atoms with Gasteiger partial charge in [0.05, 0.1) is 11.6 Å². The Bertz CT molecular complexity index is 639. The number of nitrogens with zero attached hydrogens (tertiary/aromatic N) is 2. The average molecular weight is 291 g/mol. The molecule has 1 rings (SSSR count). The molecule has 20 heavy (non-hydrogen) atoms. The molecule has 0 amide bonds. The van der Waals surface area contributed by atoms with E-state index in [1.54, 1.807) is 12.1 Å². The maximum Gasteiger partial charge on any atom is 0.241 e. The summed E-state index contributed by atoms with van der Waals surface area (Å²) in [6.45, 7) is 2.08. The molecule has 0 radical (unpaired) electrons. The molecule has 0 saturated carbocycles. The molecule has 0 bridgehead atoms. The fourth-order valence-corrected chi connectivity index (χ4v) is 3.05. The molecule has 0 fully saturated rings. The van der Waals surface area contributed by atoms with Crippen molar-refractivity contribution in [3.63, 3.8) is 0 Å². The van der Waals surface area contributed by atoms with E-state index in [1.165, 1.54) is 6.07 Å². The van der Waals surface area contributed by atoms with Crippen molar-refractivity contribution in [2.24, 2.45) is 0 Å². The summed E-state index contributed by atoms with van der Waals surface area (Å²) in [5.41, 5.74) is 0.947. The molecule has 0 aromatic heterocycles. The maximum atomic E-state index is 12.1. The van der Waals surface area contributed by atoms with Crippen LogP contribution < -0.4 is 4.72 Å². The minimum absolute atomic E-state index is 0.00783. The highest BCUT2D eigenvalue weighted by Gasteiger charge is 2.20. The zero-order chi connectivity index (χ0) is 15.0. The lowest BCUT2D eigenvalue weighted by Gasteiger charge is -2.10. The standard InChI is InChI=1S/C14H17N3O2S/c1-2-3-6-12-7-4-8-14(13(12)11-16)20(18,19)17-10-5-9-15/h4,7-8,17H,2-3,5-6,10H2,1H3. The second-order valence-electron chi connectivity index (χ2n) is 4.31. The van der Waals surface area contributed by atoms with Gasteiger partial charge in [-0.1, -0.05) is 25.5 Å². The number of sulfonamides is 1. The molecule has 1 aromatic rings. The second kappa shape index (κ2) is 7.64. The van der Waals surface area contributed by atoms with Crippen molar-refractivity contribution in [1.82, 2.24) is 4.72 Å². The summed E-state index contributed by atoms with van der Waals surface area (Å²) < 4.78 is 26.6. The van der Waals surface area contributed by atoms with Crippen LogP contribution in [0.4, 0.5) is 0 Å². The summed E-state index contributed by atoms with van der Waals surface area (Å²) in [6, 6.07) is 8.70. The molecule has 0 aliphatic rings. The fraction of sp³-hybridized carbons (Fsp3) is 0.429. The largest absolute Gasteiger partial charge is 0.241 e. The van der Waals surface area contributed by atoms with Gasteiger partial charge < -0.3 is 0 Å². The van der Waals surface area contributed by atoms with Gasteiger partial charge in [0.2, 0.25) is 10.0 Å². The number of hydrogen-bond donors (Lipinski definition) is 1. The van der Waals surface area contributed by atoms with Crippen molar-refractivity contribution in [1.29, 1.82) is 10.5 Å². The molecule has 0 unspecified atom stereocenters. The molecule has 1 aromatic carbocycles. The number of rotatable bonds is 7. The summed E-state index contributed by atoms with van der Waals surface area (Å²) in [7, 11) is -3.75. The van der Waals surface area contributed by atoms with Crippen LogP contribution in [-0.2, 0) is 16.4 Å². The first-order valence-electron chi connectivity index (χ1n) is 6.45. The van der Waals surface area contributed by atoms with E-state index in [0.29, 0.717) is 6.42 Å². The lowest BCUT2D eigenvalue weighted by molar-refractivity contribution is 0.582. The SMILES string of the molecule is CCCCc1cccc(S(=O)(=O)NCCC#N)c1C#N. The lowest BCUT2D eigenvalue weighted by Crippen LogP contribution is -2.25. The summed E-state index contributed by atoms with van der Waals surface area (Å²) in [5.74, 6) is 0. The third kappa shape index (κ3) is 4.06. The van der Waals surface area contributed by atoms with Crippen LogP contribution in [0.3, 0.4) is 0 Å². The smallest absolute Gasteiger partial charge is 0.210 e. The van der Waals surface area contributed by atoms with Crippen molar-refractivity contribution in [3.05, 3.63) is 29.3 Å². The molecule has 6 heteroatoms. The number of aryl methyl sites for hydroxylation is 1. The monoisotopic (exact) mass is 291 g/mol. The van der Waals surface area contributed by atoms with E-state index in [9.17, 15) is 13.7 Å². The van der Waals surface area contributed by atoms with Gasteiger partial charge in [0.1, 0.15) is 11.0 Å². The quantitative estimate of drug-likeness (QED) is 0.778. The molecule has 0 atom stereocenters. The van der Waals surface area contributed by atoms with Crippen LogP contribution in [0.2, 0.25) is 0 Å². The van der Waals surface area contributed by atoms with Gasteiger partial charge in [-0.2, -0.15) is 10.5 Å². The minimum Gasteiger partial charge on any atom is -0.210 e. The van der Waals surface area contributed by atoms with Gasteiger partial charge in [-0.3, -0.25) is 0 Å². The van der Waals surface area contributed by atoms with Gasteiger partial charge in [-0.05, 0) is 24.5 Å². The Balaban J connectivity index is 3.12. The van der Waals surface area contributed by atoms with Crippen molar-refractivity contribution in [2.75, 3.05) is 6.54 Å². The molecule has 1 N–H and O–H groups in total. The number of benzene rings is 1.